The van der Waals surface area contributed by atoms with Gasteiger partial charge in [0.25, 0.3) is 5.91 Å². The number of fused-ring (bicyclic) bond motifs is 2. The van der Waals surface area contributed by atoms with Crippen molar-refractivity contribution >= 4 is 23.5 Å². The topological polar surface area (TPSA) is 77.2 Å². The third kappa shape index (κ3) is 2.87. The molecule has 2 aromatic carbocycles. The van der Waals surface area contributed by atoms with Gasteiger partial charge < -0.3 is 15.2 Å². The number of nitrogens with two attached hydrogens (primary N) is 1. The van der Waals surface area contributed by atoms with Gasteiger partial charge in [-0.1, -0.05) is 17.7 Å². The summed E-state index contributed by atoms with van der Waals surface area (Å²) in [5.74, 6) is 0.148. The van der Waals surface area contributed by atoms with Crippen molar-refractivity contribution < 1.29 is 18.7 Å². The van der Waals surface area contributed by atoms with E-state index in [9.17, 15) is 9.18 Å². The molecule has 1 saturated heterocycles. The van der Waals surface area contributed by atoms with Crippen molar-refractivity contribution in [2.75, 3.05) is 20.3 Å². The van der Waals surface area contributed by atoms with Crippen molar-refractivity contribution in [1.29, 1.82) is 0 Å². The SMILES string of the molecule is CN1C(=O)C2(CC3(CCOCC3)Oc3ccc(-c4cc(F)cc(Cl)c4)cc32)N=C1N. The molecule has 1 unspecified atom stereocenters. The molecular formula is C22H21ClFN3O3. The number of rotatable bonds is 1. The largest absolute Gasteiger partial charge is 0.487 e. The summed E-state index contributed by atoms with van der Waals surface area (Å²) >= 11 is 6.05. The van der Waals surface area contributed by atoms with E-state index in [2.05, 4.69) is 4.99 Å². The van der Waals surface area contributed by atoms with Gasteiger partial charge in [0.2, 0.25) is 0 Å². The Morgan fingerprint density at radius 2 is 1.93 bits per heavy atom. The predicted octanol–water partition coefficient (Wildman–Crippen LogP) is 3.46. The number of hydrogen-bond donors (Lipinski definition) is 1. The maximum absolute atomic E-state index is 13.9. The molecule has 2 N–H and O–H groups in total. The average Bonchev–Trinajstić information content (AvgIpc) is 2.91. The number of hydrogen-bond acceptors (Lipinski definition) is 5. The normalized spacial score (nSPS) is 24.7. The van der Waals surface area contributed by atoms with Crippen LogP contribution in [-0.2, 0) is 15.1 Å². The van der Waals surface area contributed by atoms with Crippen molar-refractivity contribution in [3.8, 4) is 16.9 Å². The van der Waals surface area contributed by atoms with Crippen LogP contribution in [0.2, 0.25) is 5.02 Å². The van der Waals surface area contributed by atoms with E-state index in [1.165, 1.54) is 17.0 Å². The van der Waals surface area contributed by atoms with Crippen LogP contribution in [0.25, 0.3) is 11.1 Å². The quantitative estimate of drug-likeness (QED) is 0.753. The Labute approximate surface area is 178 Å². The fraction of sp³-hybridized carbons (Fsp3) is 0.364. The van der Waals surface area contributed by atoms with Crippen LogP contribution in [-0.4, -0.2) is 42.6 Å². The Hall–Kier alpha value is -2.64. The highest BCUT2D eigenvalue weighted by Gasteiger charge is 2.58. The van der Waals surface area contributed by atoms with Gasteiger partial charge in [-0.25, -0.2) is 9.38 Å². The zero-order valence-corrected chi connectivity index (χ0v) is 17.2. The second-order valence-electron chi connectivity index (χ2n) is 8.14. The molecule has 3 heterocycles. The molecule has 8 heteroatoms. The highest BCUT2D eigenvalue weighted by molar-refractivity contribution is 6.30. The lowest BCUT2D eigenvalue weighted by Crippen LogP contribution is -2.53. The molecule has 5 rings (SSSR count). The molecule has 0 radical (unpaired) electrons. The predicted molar refractivity (Wildman–Crippen MR) is 111 cm³/mol. The van der Waals surface area contributed by atoms with Gasteiger partial charge in [0, 0.05) is 36.9 Å². The summed E-state index contributed by atoms with van der Waals surface area (Å²) in [6.45, 7) is 1.13. The fourth-order valence-electron chi connectivity index (χ4n) is 4.69. The average molecular weight is 430 g/mol. The number of guanidine groups is 1. The third-order valence-electron chi connectivity index (χ3n) is 6.24. The molecule has 2 aromatic rings. The zero-order valence-electron chi connectivity index (χ0n) is 16.5. The van der Waals surface area contributed by atoms with Gasteiger partial charge in [0.1, 0.15) is 17.2 Å². The van der Waals surface area contributed by atoms with Crippen LogP contribution in [0.1, 0.15) is 24.8 Å². The Bertz CT molecular complexity index is 1060. The lowest BCUT2D eigenvalue weighted by Gasteiger charge is -2.46. The number of amides is 1. The van der Waals surface area contributed by atoms with Gasteiger partial charge in [0.15, 0.2) is 11.5 Å². The molecular weight excluding hydrogens is 409 g/mol. The first-order valence-electron chi connectivity index (χ1n) is 9.83. The summed E-state index contributed by atoms with van der Waals surface area (Å²) < 4.78 is 25.9. The summed E-state index contributed by atoms with van der Waals surface area (Å²) in [4.78, 5) is 19.4. The van der Waals surface area contributed by atoms with Crippen LogP contribution in [0.3, 0.4) is 0 Å². The number of carbonyl (C=O) groups excluding carboxylic acids is 1. The Kier molecular flexibility index (Phi) is 4.31. The number of aliphatic imine (C=N–C) groups is 1. The van der Waals surface area contributed by atoms with Crippen LogP contribution < -0.4 is 10.5 Å². The van der Waals surface area contributed by atoms with E-state index in [4.69, 9.17) is 26.8 Å². The van der Waals surface area contributed by atoms with E-state index in [1.807, 2.05) is 18.2 Å². The molecule has 6 nitrogen and oxygen atoms in total. The molecule has 1 fully saturated rings. The molecule has 0 aliphatic carbocycles. The molecule has 3 aliphatic heterocycles. The Morgan fingerprint density at radius 1 is 1.17 bits per heavy atom. The first-order chi connectivity index (χ1) is 14.3. The van der Waals surface area contributed by atoms with Gasteiger partial charge in [0.05, 0.1) is 13.2 Å². The van der Waals surface area contributed by atoms with Crippen LogP contribution in [0.15, 0.2) is 41.4 Å². The van der Waals surface area contributed by atoms with Crippen molar-refractivity contribution in [3.05, 3.63) is 52.8 Å². The molecule has 1 atom stereocenters. The smallest absolute Gasteiger partial charge is 0.261 e. The van der Waals surface area contributed by atoms with Crippen molar-refractivity contribution in [2.45, 2.75) is 30.4 Å². The van der Waals surface area contributed by atoms with E-state index >= 15 is 0 Å². The summed E-state index contributed by atoms with van der Waals surface area (Å²) in [6.07, 6.45) is 1.72. The number of carbonyl (C=O) groups is 1. The molecule has 156 valence electrons. The molecule has 30 heavy (non-hydrogen) atoms. The number of halogens is 2. The van der Waals surface area contributed by atoms with Gasteiger partial charge in [-0.2, -0.15) is 0 Å². The van der Waals surface area contributed by atoms with E-state index in [1.54, 1.807) is 13.1 Å². The highest BCUT2D eigenvalue weighted by Crippen LogP contribution is 2.52. The molecule has 1 amide bonds. The Morgan fingerprint density at radius 3 is 2.60 bits per heavy atom. The first-order valence-corrected chi connectivity index (χ1v) is 10.2. The second-order valence-corrected chi connectivity index (χ2v) is 8.57. The lowest BCUT2D eigenvalue weighted by molar-refractivity contribution is -0.137. The van der Waals surface area contributed by atoms with E-state index in [-0.39, 0.29) is 11.9 Å². The monoisotopic (exact) mass is 429 g/mol. The maximum atomic E-state index is 13.9. The summed E-state index contributed by atoms with van der Waals surface area (Å²) in [5.41, 5.74) is 6.31. The number of ether oxygens (including phenoxy) is 2. The molecule has 2 spiro atoms. The molecule has 0 aromatic heterocycles. The minimum atomic E-state index is -1.17. The van der Waals surface area contributed by atoms with Gasteiger partial charge in [-0.3, -0.25) is 9.69 Å². The molecule has 0 saturated carbocycles. The third-order valence-corrected chi connectivity index (χ3v) is 6.46. The zero-order chi connectivity index (χ0) is 21.1. The maximum Gasteiger partial charge on any atom is 0.261 e. The number of nitrogens with zero attached hydrogens (tertiary/aromatic N) is 2. The van der Waals surface area contributed by atoms with Gasteiger partial charge in [-0.05, 0) is 41.5 Å². The number of benzene rings is 2. The second kappa shape index (κ2) is 6.68. The van der Waals surface area contributed by atoms with Crippen molar-refractivity contribution in [3.63, 3.8) is 0 Å². The standard InChI is InChI=1S/C22H21ClFN3O3/c1-27-19(28)22(26-20(27)25)12-21(4-6-29-7-5-21)30-18-3-2-13(10-17(18)22)14-8-15(23)11-16(24)9-14/h2-3,8-11H,4-7,12H2,1H3,(H2,25,26). The molecule has 3 aliphatic rings. The summed E-state index contributed by atoms with van der Waals surface area (Å²) in [6, 6.07) is 9.84. The van der Waals surface area contributed by atoms with Crippen LogP contribution in [0.5, 0.6) is 5.75 Å². The first kappa shape index (κ1) is 19.3. The van der Waals surface area contributed by atoms with E-state index in [0.717, 1.165) is 5.56 Å². The van der Waals surface area contributed by atoms with E-state index in [0.29, 0.717) is 54.4 Å². The lowest BCUT2D eigenvalue weighted by atomic mass is 9.73. The van der Waals surface area contributed by atoms with Gasteiger partial charge >= 0.3 is 0 Å². The summed E-state index contributed by atoms with van der Waals surface area (Å²) in [5, 5.41) is 0.300. The van der Waals surface area contributed by atoms with Crippen LogP contribution >= 0.6 is 11.6 Å². The van der Waals surface area contributed by atoms with E-state index < -0.39 is 17.0 Å². The highest BCUT2D eigenvalue weighted by atomic mass is 35.5. The minimum Gasteiger partial charge on any atom is -0.487 e. The number of likely N-dealkylation sites (N-methyl/N-ethyl adjacent to an activating group) is 1. The van der Waals surface area contributed by atoms with Crippen LogP contribution in [0, 0.1) is 5.82 Å². The van der Waals surface area contributed by atoms with Crippen molar-refractivity contribution in [2.24, 2.45) is 10.7 Å². The van der Waals surface area contributed by atoms with Gasteiger partial charge in [-0.15, -0.1) is 0 Å². The Balaban J connectivity index is 1.69. The minimum absolute atomic E-state index is 0.175. The summed E-state index contributed by atoms with van der Waals surface area (Å²) in [7, 11) is 1.62. The van der Waals surface area contributed by atoms with Crippen LogP contribution in [0.4, 0.5) is 4.39 Å². The van der Waals surface area contributed by atoms with Crippen molar-refractivity contribution in [1.82, 2.24) is 4.90 Å². The molecule has 0 bridgehead atoms. The fourth-order valence-corrected chi connectivity index (χ4v) is 4.91.